The van der Waals surface area contributed by atoms with Crippen LogP contribution in [-0.2, 0) is 20.7 Å². The van der Waals surface area contributed by atoms with E-state index in [0.29, 0.717) is 18.2 Å². The number of nitrogens with zero attached hydrogens (tertiary/aromatic N) is 5. The number of aromatic nitrogens is 4. The van der Waals surface area contributed by atoms with Crippen LogP contribution in [0.2, 0.25) is 0 Å². The Hall–Kier alpha value is -2.81. The van der Waals surface area contributed by atoms with E-state index in [0.717, 1.165) is 22.6 Å². The molecule has 1 atom stereocenters. The van der Waals surface area contributed by atoms with E-state index in [2.05, 4.69) is 15.1 Å². The van der Waals surface area contributed by atoms with Crippen molar-refractivity contribution >= 4 is 11.9 Å². The lowest BCUT2D eigenvalue weighted by Crippen LogP contribution is -2.53. The van der Waals surface area contributed by atoms with Crippen molar-refractivity contribution < 1.29 is 19.4 Å². The molecule has 0 spiro atoms. The largest absolute Gasteiger partial charge is 0.480 e. The van der Waals surface area contributed by atoms with Gasteiger partial charge in [0, 0.05) is 29.2 Å². The number of aryl methyl sites for hydroxylation is 3. The Morgan fingerprint density at radius 2 is 1.89 bits per heavy atom. The van der Waals surface area contributed by atoms with Crippen molar-refractivity contribution in [3.63, 3.8) is 0 Å². The molecule has 1 aliphatic heterocycles. The zero-order valence-electron chi connectivity index (χ0n) is 15.9. The maximum atomic E-state index is 12.8. The van der Waals surface area contributed by atoms with Crippen molar-refractivity contribution in [2.75, 3.05) is 19.8 Å². The molecule has 9 nitrogen and oxygen atoms in total. The lowest BCUT2D eigenvalue weighted by molar-refractivity contribution is -0.158. The third-order valence-corrected chi connectivity index (χ3v) is 4.66. The summed E-state index contributed by atoms with van der Waals surface area (Å²) in [7, 11) is 0. The SMILES string of the molecule is Cc1cc(C)nc(-n2nc(C)c(CC(=O)N3CCOCC3C(=O)O)c2C)n1. The number of aliphatic carboxylic acids is 1. The van der Waals surface area contributed by atoms with Gasteiger partial charge in [-0.05, 0) is 33.8 Å². The third-order valence-electron chi connectivity index (χ3n) is 4.66. The van der Waals surface area contributed by atoms with E-state index >= 15 is 0 Å². The highest BCUT2D eigenvalue weighted by Crippen LogP contribution is 2.19. The smallest absolute Gasteiger partial charge is 0.328 e. The molecule has 0 aliphatic carbocycles. The van der Waals surface area contributed by atoms with E-state index in [1.165, 1.54) is 4.90 Å². The number of amides is 1. The second-order valence-electron chi connectivity index (χ2n) is 6.70. The van der Waals surface area contributed by atoms with Crippen LogP contribution in [0.4, 0.5) is 0 Å². The van der Waals surface area contributed by atoms with E-state index in [1.807, 2.05) is 33.8 Å². The van der Waals surface area contributed by atoms with Gasteiger partial charge in [0.2, 0.25) is 5.91 Å². The molecule has 0 saturated carbocycles. The van der Waals surface area contributed by atoms with Crippen molar-refractivity contribution in [1.82, 2.24) is 24.6 Å². The van der Waals surface area contributed by atoms with Gasteiger partial charge >= 0.3 is 5.97 Å². The Morgan fingerprint density at radius 1 is 1.22 bits per heavy atom. The summed E-state index contributed by atoms with van der Waals surface area (Å²) in [6.45, 7) is 8.07. The molecule has 1 saturated heterocycles. The van der Waals surface area contributed by atoms with E-state index in [4.69, 9.17) is 4.74 Å². The van der Waals surface area contributed by atoms with E-state index < -0.39 is 12.0 Å². The van der Waals surface area contributed by atoms with Crippen molar-refractivity contribution in [2.45, 2.75) is 40.2 Å². The predicted octanol–water partition coefficient (Wildman–Crippen LogP) is 0.750. The van der Waals surface area contributed by atoms with Crippen LogP contribution in [0.5, 0.6) is 0 Å². The maximum Gasteiger partial charge on any atom is 0.328 e. The van der Waals surface area contributed by atoms with E-state index in [9.17, 15) is 14.7 Å². The van der Waals surface area contributed by atoms with Crippen LogP contribution >= 0.6 is 0 Å². The Labute approximate surface area is 157 Å². The van der Waals surface area contributed by atoms with Gasteiger partial charge in [0.25, 0.3) is 5.95 Å². The van der Waals surface area contributed by atoms with Gasteiger partial charge in [-0.3, -0.25) is 4.79 Å². The van der Waals surface area contributed by atoms with Crippen LogP contribution in [-0.4, -0.2) is 67.4 Å². The molecule has 3 rings (SSSR count). The molecule has 1 N–H and O–H groups in total. The van der Waals surface area contributed by atoms with Gasteiger partial charge < -0.3 is 14.7 Å². The summed E-state index contributed by atoms with van der Waals surface area (Å²) in [4.78, 5) is 34.4. The number of morpholine rings is 1. The normalized spacial score (nSPS) is 17.2. The molecule has 1 unspecified atom stereocenters. The Kier molecular flexibility index (Phi) is 5.22. The summed E-state index contributed by atoms with van der Waals surface area (Å²) in [6, 6.07) is 0.925. The summed E-state index contributed by atoms with van der Waals surface area (Å²) in [5, 5.41) is 13.8. The van der Waals surface area contributed by atoms with Crippen LogP contribution in [0, 0.1) is 27.7 Å². The number of carbonyl (C=O) groups is 2. The van der Waals surface area contributed by atoms with Gasteiger partial charge in [-0.1, -0.05) is 0 Å². The summed E-state index contributed by atoms with van der Waals surface area (Å²) in [5.41, 5.74) is 3.90. The molecule has 9 heteroatoms. The Bertz CT molecular complexity index is 872. The molecule has 1 fully saturated rings. The highest BCUT2D eigenvalue weighted by molar-refractivity contribution is 5.85. The second-order valence-corrected chi connectivity index (χ2v) is 6.70. The molecular formula is C18H23N5O4. The minimum Gasteiger partial charge on any atom is -0.480 e. The lowest BCUT2D eigenvalue weighted by atomic mass is 10.1. The standard InChI is InChI=1S/C18H23N5O4/c1-10-7-11(2)20-18(19-10)23-13(4)14(12(3)21-23)8-16(24)22-5-6-27-9-15(22)17(25)26/h7,15H,5-6,8-9H2,1-4H3,(H,25,26). The van der Waals surface area contributed by atoms with Crippen LogP contribution in [0.1, 0.15) is 28.3 Å². The van der Waals surface area contributed by atoms with Gasteiger partial charge in [0.05, 0.1) is 25.3 Å². The highest BCUT2D eigenvalue weighted by Gasteiger charge is 2.33. The Balaban J connectivity index is 1.88. The van der Waals surface area contributed by atoms with Gasteiger partial charge in [0.15, 0.2) is 6.04 Å². The third kappa shape index (κ3) is 3.82. The zero-order valence-corrected chi connectivity index (χ0v) is 15.9. The minimum absolute atomic E-state index is 0.00864. The molecule has 0 radical (unpaired) electrons. The molecule has 27 heavy (non-hydrogen) atoms. The van der Waals surface area contributed by atoms with Gasteiger partial charge in [0.1, 0.15) is 0 Å². The van der Waals surface area contributed by atoms with Crippen molar-refractivity contribution in [3.8, 4) is 5.95 Å². The monoisotopic (exact) mass is 373 g/mol. The van der Waals surface area contributed by atoms with Crippen LogP contribution in [0.3, 0.4) is 0 Å². The molecule has 0 aromatic carbocycles. The quantitative estimate of drug-likeness (QED) is 0.842. The number of carboxylic acid groups (broad SMARTS) is 1. The molecule has 3 heterocycles. The molecule has 2 aromatic heterocycles. The summed E-state index contributed by atoms with van der Waals surface area (Å²) in [5.74, 6) is -0.852. The van der Waals surface area contributed by atoms with Gasteiger partial charge in [-0.2, -0.15) is 5.10 Å². The van der Waals surface area contributed by atoms with Crippen molar-refractivity contribution in [1.29, 1.82) is 0 Å². The number of carbonyl (C=O) groups excluding carboxylic acids is 1. The minimum atomic E-state index is -1.06. The van der Waals surface area contributed by atoms with Gasteiger partial charge in [-0.15, -0.1) is 0 Å². The topological polar surface area (TPSA) is 110 Å². The Morgan fingerprint density at radius 3 is 2.52 bits per heavy atom. The summed E-state index contributed by atoms with van der Waals surface area (Å²) >= 11 is 0. The number of ether oxygens (including phenoxy) is 1. The first-order valence-electron chi connectivity index (χ1n) is 8.75. The molecule has 1 aliphatic rings. The first-order chi connectivity index (χ1) is 12.8. The first kappa shape index (κ1) is 19.0. The van der Waals surface area contributed by atoms with Crippen LogP contribution in [0.15, 0.2) is 6.07 Å². The molecule has 2 aromatic rings. The predicted molar refractivity (Wildman–Crippen MR) is 95.8 cm³/mol. The average Bonchev–Trinajstić information content (AvgIpc) is 2.89. The zero-order chi connectivity index (χ0) is 19.7. The van der Waals surface area contributed by atoms with Crippen molar-refractivity contribution in [2.24, 2.45) is 0 Å². The average molecular weight is 373 g/mol. The first-order valence-corrected chi connectivity index (χ1v) is 8.75. The highest BCUT2D eigenvalue weighted by atomic mass is 16.5. The number of hydrogen-bond acceptors (Lipinski definition) is 6. The van der Waals surface area contributed by atoms with E-state index in [1.54, 1.807) is 4.68 Å². The van der Waals surface area contributed by atoms with Crippen molar-refractivity contribution in [3.05, 3.63) is 34.4 Å². The molecule has 1 amide bonds. The van der Waals surface area contributed by atoms with Crippen LogP contribution < -0.4 is 0 Å². The fraction of sp³-hybridized carbons (Fsp3) is 0.500. The molecule has 144 valence electrons. The summed E-state index contributed by atoms with van der Waals surface area (Å²) in [6.07, 6.45) is 0.0756. The molecule has 0 bridgehead atoms. The number of carboxylic acids is 1. The van der Waals surface area contributed by atoms with Gasteiger partial charge in [-0.25, -0.2) is 19.4 Å². The second kappa shape index (κ2) is 7.43. The number of rotatable bonds is 4. The van der Waals surface area contributed by atoms with E-state index in [-0.39, 0.29) is 25.5 Å². The maximum absolute atomic E-state index is 12.8. The number of hydrogen-bond donors (Lipinski definition) is 1. The van der Waals surface area contributed by atoms with Crippen LogP contribution in [0.25, 0.3) is 5.95 Å². The lowest BCUT2D eigenvalue weighted by Gasteiger charge is -2.32. The summed E-state index contributed by atoms with van der Waals surface area (Å²) < 4.78 is 6.83. The molecular weight excluding hydrogens is 350 g/mol. The fourth-order valence-corrected chi connectivity index (χ4v) is 3.29. The fourth-order valence-electron chi connectivity index (χ4n) is 3.29.